The van der Waals surface area contributed by atoms with Crippen molar-refractivity contribution in [2.75, 3.05) is 5.32 Å². The van der Waals surface area contributed by atoms with Crippen LogP contribution < -0.4 is 10.6 Å². The summed E-state index contributed by atoms with van der Waals surface area (Å²) in [6.45, 7) is 3.20. The highest BCUT2D eigenvalue weighted by atomic mass is 19.1. The molecule has 0 heterocycles. The highest BCUT2D eigenvalue weighted by Crippen LogP contribution is 2.15. The first-order valence-corrected chi connectivity index (χ1v) is 7.08. The number of para-hydroxylation sites is 1. The van der Waals surface area contributed by atoms with E-state index in [-0.39, 0.29) is 17.3 Å². The van der Waals surface area contributed by atoms with Gasteiger partial charge in [0.2, 0.25) is 5.91 Å². The Hall–Kier alpha value is -2.95. The molecule has 5 heteroatoms. The molecule has 0 spiro atoms. The molecule has 0 radical (unpaired) electrons. The first kappa shape index (κ1) is 16.4. The van der Waals surface area contributed by atoms with Gasteiger partial charge in [0, 0.05) is 6.92 Å². The zero-order valence-electron chi connectivity index (χ0n) is 12.9. The summed E-state index contributed by atoms with van der Waals surface area (Å²) in [7, 11) is 0. The number of nitrogens with one attached hydrogen (secondary N) is 2. The van der Waals surface area contributed by atoms with Crippen LogP contribution in [0.1, 0.15) is 18.1 Å². The predicted octanol–water partition coefficient (Wildman–Crippen LogP) is 3.25. The van der Waals surface area contributed by atoms with Crippen LogP contribution in [0.15, 0.2) is 54.2 Å². The van der Waals surface area contributed by atoms with Gasteiger partial charge in [0.05, 0.1) is 5.69 Å². The molecule has 2 N–H and O–H groups in total. The molecule has 0 saturated carbocycles. The monoisotopic (exact) mass is 312 g/mol. The van der Waals surface area contributed by atoms with Crippen molar-refractivity contribution in [3.05, 3.63) is 71.2 Å². The Morgan fingerprint density at radius 1 is 1.04 bits per heavy atom. The molecule has 118 valence electrons. The third-order valence-corrected chi connectivity index (χ3v) is 3.17. The fourth-order valence-electron chi connectivity index (χ4n) is 2.00. The lowest BCUT2D eigenvalue weighted by atomic mass is 10.1. The van der Waals surface area contributed by atoms with E-state index in [1.54, 1.807) is 12.1 Å². The molecule has 2 aromatic rings. The molecule has 0 saturated heterocycles. The number of anilines is 1. The summed E-state index contributed by atoms with van der Waals surface area (Å²) in [5.74, 6) is -1.51. The predicted molar refractivity (Wildman–Crippen MR) is 88.0 cm³/mol. The Morgan fingerprint density at radius 2 is 1.70 bits per heavy atom. The second kappa shape index (κ2) is 7.35. The van der Waals surface area contributed by atoms with Gasteiger partial charge in [-0.3, -0.25) is 9.59 Å². The number of rotatable bonds is 4. The van der Waals surface area contributed by atoms with Crippen LogP contribution >= 0.6 is 0 Å². The third kappa shape index (κ3) is 4.51. The fourth-order valence-corrected chi connectivity index (χ4v) is 2.00. The third-order valence-electron chi connectivity index (χ3n) is 3.17. The molecule has 0 bridgehead atoms. The molecule has 0 aliphatic rings. The Bertz CT molecular complexity index is 769. The molecule has 0 aromatic heterocycles. The molecule has 2 aromatic carbocycles. The van der Waals surface area contributed by atoms with Crippen molar-refractivity contribution < 1.29 is 14.0 Å². The summed E-state index contributed by atoms with van der Waals surface area (Å²) in [4.78, 5) is 23.7. The second-order valence-electron chi connectivity index (χ2n) is 5.03. The van der Waals surface area contributed by atoms with Gasteiger partial charge in [-0.15, -0.1) is 0 Å². The van der Waals surface area contributed by atoms with Crippen molar-refractivity contribution in [2.45, 2.75) is 13.8 Å². The van der Waals surface area contributed by atoms with Gasteiger partial charge in [0.25, 0.3) is 5.91 Å². The molecule has 0 atom stereocenters. The van der Waals surface area contributed by atoms with Crippen LogP contribution in [-0.2, 0) is 9.59 Å². The molecule has 2 amide bonds. The minimum Gasteiger partial charge on any atom is -0.322 e. The Morgan fingerprint density at radius 3 is 2.35 bits per heavy atom. The van der Waals surface area contributed by atoms with Crippen LogP contribution in [-0.4, -0.2) is 11.8 Å². The van der Waals surface area contributed by atoms with E-state index in [4.69, 9.17) is 0 Å². The van der Waals surface area contributed by atoms with Gasteiger partial charge >= 0.3 is 0 Å². The van der Waals surface area contributed by atoms with E-state index in [0.717, 1.165) is 11.1 Å². The van der Waals surface area contributed by atoms with Crippen LogP contribution in [0.2, 0.25) is 0 Å². The highest BCUT2D eigenvalue weighted by Gasteiger charge is 2.13. The second-order valence-corrected chi connectivity index (χ2v) is 5.03. The van der Waals surface area contributed by atoms with Gasteiger partial charge in [-0.05, 0) is 36.3 Å². The smallest absolute Gasteiger partial charge is 0.272 e. The van der Waals surface area contributed by atoms with Crippen molar-refractivity contribution >= 4 is 23.6 Å². The summed E-state index contributed by atoms with van der Waals surface area (Å²) in [5.41, 5.74) is 1.85. The zero-order chi connectivity index (χ0) is 16.8. The fraction of sp³-hybridized carbons (Fsp3) is 0.111. The topological polar surface area (TPSA) is 58.2 Å². The minimum absolute atomic E-state index is 0.0510. The van der Waals surface area contributed by atoms with E-state index in [1.807, 2.05) is 31.2 Å². The number of benzene rings is 2. The van der Waals surface area contributed by atoms with Crippen molar-refractivity contribution in [3.8, 4) is 0 Å². The standard InChI is InChI=1S/C18H17FN2O2/c1-12-7-3-4-8-14(12)11-17(20-13(2)22)18(23)21-16-10-6-5-9-15(16)19/h3-11H,1-2H3,(H,20,22)(H,21,23). The largest absolute Gasteiger partial charge is 0.322 e. The summed E-state index contributed by atoms with van der Waals surface area (Å²) in [6.07, 6.45) is 1.56. The van der Waals surface area contributed by atoms with Gasteiger partial charge in [-0.1, -0.05) is 36.4 Å². The highest BCUT2D eigenvalue weighted by molar-refractivity contribution is 6.08. The first-order chi connectivity index (χ1) is 11.0. The molecule has 0 aliphatic carbocycles. The maximum Gasteiger partial charge on any atom is 0.272 e. The Balaban J connectivity index is 2.31. The summed E-state index contributed by atoms with van der Waals surface area (Å²) in [5, 5.41) is 4.94. The van der Waals surface area contributed by atoms with E-state index in [9.17, 15) is 14.0 Å². The average Bonchev–Trinajstić information content (AvgIpc) is 2.50. The number of carbonyl (C=O) groups excluding carboxylic acids is 2. The molecule has 0 unspecified atom stereocenters. The van der Waals surface area contributed by atoms with E-state index in [0.29, 0.717) is 0 Å². The van der Waals surface area contributed by atoms with Gasteiger partial charge in [-0.2, -0.15) is 0 Å². The molecule has 23 heavy (non-hydrogen) atoms. The van der Waals surface area contributed by atoms with Gasteiger partial charge < -0.3 is 10.6 Å². The minimum atomic E-state index is -0.589. The number of aryl methyl sites for hydroxylation is 1. The number of hydrogen-bond acceptors (Lipinski definition) is 2. The molecule has 0 aliphatic heterocycles. The average molecular weight is 312 g/mol. The maximum absolute atomic E-state index is 13.6. The number of hydrogen-bond donors (Lipinski definition) is 2. The van der Waals surface area contributed by atoms with Crippen molar-refractivity contribution in [1.82, 2.24) is 5.32 Å². The lowest BCUT2D eigenvalue weighted by Crippen LogP contribution is -2.29. The summed E-state index contributed by atoms with van der Waals surface area (Å²) >= 11 is 0. The van der Waals surface area contributed by atoms with Crippen LogP contribution in [0.4, 0.5) is 10.1 Å². The quantitative estimate of drug-likeness (QED) is 0.851. The van der Waals surface area contributed by atoms with E-state index in [2.05, 4.69) is 10.6 Å². The van der Waals surface area contributed by atoms with E-state index >= 15 is 0 Å². The number of amides is 2. The van der Waals surface area contributed by atoms with Crippen molar-refractivity contribution in [1.29, 1.82) is 0 Å². The molecule has 2 rings (SSSR count). The van der Waals surface area contributed by atoms with E-state index < -0.39 is 11.7 Å². The van der Waals surface area contributed by atoms with Crippen molar-refractivity contribution in [2.24, 2.45) is 0 Å². The lowest BCUT2D eigenvalue weighted by Gasteiger charge is -2.11. The van der Waals surface area contributed by atoms with Gasteiger partial charge in [0.1, 0.15) is 11.5 Å². The van der Waals surface area contributed by atoms with Gasteiger partial charge in [0.15, 0.2) is 0 Å². The summed E-state index contributed by atoms with van der Waals surface area (Å²) in [6, 6.07) is 13.3. The van der Waals surface area contributed by atoms with Crippen molar-refractivity contribution in [3.63, 3.8) is 0 Å². The Labute approximate surface area is 134 Å². The lowest BCUT2D eigenvalue weighted by molar-refractivity contribution is -0.120. The van der Waals surface area contributed by atoms with Crippen LogP contribution in [0.5, 0.6) is 0 Å². The molecular weight excluding hydrogens is 295 g/mol. The van der Waals surface area contributed by atoms with E-state index in [1.165, 1.54) is 25.1 Å². The Kier molecular flexibility index (Phi) is 5.25. The van der Waals surface area contributed by atoms with Gasteiger partial charge in [-0.25, -0.2) is 4.39 Å². The SMILES string of the molecule is CC(=O)NC(=Cc1ccccc1C)C(=O)Nc1ccccc1F. The molecule has 0 fully saturated rings. The van der Waals surface area contributed by atoms with Crippen LogP contribution in [0.25, 0.3) is 6.08 Å². The van der Waals surface area contributed by atoms with Crippen LogP contribution in [0, 0.1) is 12.7 Å². The summed E-state index contributed by atoms with van der Waals surface area (Å²) < 4.78 is 13.6. The van der Waals surface area contributed by atoms with Crippen LogP contribution in [0.3, 0.4) is 0 Å². The normalized spacial score (nSPS) is 11.0. The first-order valence-electron chi connectivity index (χ1n) is 7.08. The number of carbonyl (C=O) groups is 2. The maximum atomic E-state index is 13.6. The molecular formula is C18H17FN2O2. The number of halogens is 1. The molecule has 4 nitrogen and oxygen atoms in total. The zero-order valence-corrected chi connectivity index (χ0v) is 12.9.